The van der Waals surface area contributed by atoms with E-state index in [-0.39, 0.29) is 11.9 Å². The lowest BCUT2D eigenvalue weighted by Crippen LogP contribution is -2.23. The van der Waals surface area contributed by atoms with Crippen molar-refractivity contribution in [2.75, 3.05) is 13.7 Å². The molecule has 1 aliphatic heterocycles. The number of nitrogens with zero attached hydrogens (tertiary/aromatic N) is 2. The summed E-state index contributed by atoms with van der Waals surface area (Å²) in [5, 5.41) is 4.11. The first kappa shape index (κ1) is 11.1. The van der Waals surface area contributed by atoms with Gasteiger partial charge in [-0.3, -0.25) is 9.48 Å². The Morgan fingerprint density at radius 1 is 1.75 bits per heavy atom. The molecule has 5 nitrogen and oxygen atoms in total. The molecule has 1 aromatic heterocycles. The molecule has 16 heavy (non-hydrogen) atoms. The van der Waals surface area contributed by atoms with Gasteiger partial charge in [0.2, 0.25) is 5.78 Å². The van der Waals surface area contributed by atoms with Crippen molar-refractivity contribution in [2.45, 2.75) is 32.4 Å². The third kappa shape index (κ3) is 1.82. The number of carbonyl (C=O) groups excluding carboxylic acids is 1. The van der Waals surface area contributed by atoms with Crippen molar-refractivity contribution in [1.82, 2.24) is 9.78 Å². The number of rotatable bonds is 4. The molecule has 2 rings (SSSR count). The fraction of sp³-hybridized carbons (Fsp3) is 0.636. The summed E-state index contributed by atoms with van der Waals surface area (Å²) in [4.78, 5) is 12.2. The van der Waals surface area contributed by atoms with Crippen molar-refractivity contribution in [3.63, 3.8) is 0 Å². The van der Waals surface area contributed by atoms with Crippen LogP contribution in [-0.2, 0) is 11.3 Å². The Hall–Kier alpha value is -1.36. The minimum atomic E-state index is -0.323. The van der Waals surface area contributed by atoms with Gasteiger partial charge in [0.05, 0.1) is 13.3 Å². The van der Waals surface area contributed by atoms with E-state index in [4.69, 9.17) is 9.47 Å². The van der Waals surface area contributed by atoms with Crippen molar-refractivity contribution in [3.05, 3.63) is 11.9 Å². The van der Waals surface area contributed by atoms with Gasteiger partial charge in [-0.25, -0.2) is 0 Å². The largest absolute Gasteiger partial charge is 0.493 e. The van der Waals surface area contributed by atoms with Crippen LogP contribution in [0.5, 0.6) is 5.75 Å². The Labute approximate surface area is 94.3 Å². The van der Waals surface area contributed by atoms with Crippen LogP contribution in [0, 0.1) is 0 Å². The number of methoxy groups -OCH3 is 1. The highest BCUT2D eigenvalue weighted by Crippen LogP contribution is 2.24. The first-order valence-corrected chi connectivity index (χ1v) is 5.53. The predicted molar refractivity (Wildman–Crippen MR) is 57.8 cm³/mol. The van der Waals surface area contributed by atoms with Gasteiger partial charge in [-0.1, -0.05) is 0 Å². The maximum atomic E-state index is 12.2. The van der Waals surface area contributed by atoms with Gasteiger partial charge in [0.1, 0.15) is 11.8 Å². The van der Waals surface area contributed by atoms with Crippen LogP contribution >= 0.6 is 0 Å². The van der Waals surface area contributed by atoms with Gasteiger partial charge in [0.15, 0.2) is 5.75 Å². The fourth-order valence-electron chi connectivity index (χ4n) is 1.94. The van der Waals surface area contributed by atoms with Crippen LogP contribution in [0.4, 0.5) is 0 Å². The van der Waals surface area contributed by atoms with Crippen molar-refractivity contribution in [3.8, 4) is 5.75 Å². The second kappa shape index (κ2) is 4.65. The second-order valence-electron chi connectivity index (χ2n) is 3.74. The van der Waals surface area contributed by atoms with Gasteiger partial charge in [-0.05, 0) is 19.8 Å². The van der Waals surface area contributed by atoms with E-state index in [2.05, 4.69) is 5.10 Å². The Bertz CT molecular complexity index is 359. The van der Waals surface area contributed by atoms with Crippen LogP contribution in [0.15, 0.2) is 6.20 Å². The molecular formula is C11H16N2O3. The Morgan fingerprint density at radius 2 is 2.56 bits per heavy atom. The average Bonchev–Trinajstić information content (AvgIpc) is 2.96. The lowest BCUT2D eigenvalue weighted by molar-refractivity contribution is 0.0629. The van der Waals surface area contributed by atoms with Crippen molar-refractivity contribution in [2.24, 2.45) is 0 Å². The maximum Gasteiger partial charge on any atom is 0.213 e. The Kier molecular flexibility index (Phi) is 3.24. The average molecular weight is 224 g/mol. The van der Waals surface area contributed by atoms with E-state index in [1.165, 1.54) is 0 Å². The molecule has 0 N–H and O–H groups in total. The number of aryl methyl sites for hydroxylation is 1. The van der Waals surface area contributed by atoms with Crippen molar-refractivity contribution < 1.29 is 14.3 Å². The second-order valence-corrected chi connectivity index (χ2v) is 3.74. The summed E-state index contributed by atoms with van der Waals surface area (Å²) in [5.41, 5.74) is 0.525. The number of hydrogen-bond donors (Lipinski definition) is 0. The van der Waals surface area contributed by atoms with Gasteiger partial charge in [0.25, 0.3) is 0 Å². The first-order valence-electron chi connectivity index (χ1n) is 5.53. The Morgan fingerprint density at radius 3 is 3.12 bits per heavy atom. The molecule has 0 saturated carbocycles. The molecule has 0 amide bonds. The lowest BCUT2D eigenvalue weighted by atomic mass is 10.1. The first-order chi connectivity index (χ1) is 7.77. The number of hydrogen-bond acceptors (Lipinski definition) is 4. The van der Waals surface area contributed by atoms with E-state index < -0.39 is 0 Å². The predicted octanol–water partition coefficient (Wildman–Crippen LogP) is 1.27. The van der Waals surface area contributed by atoms with Crippen LogP contribution in [-0.4, -0.2) is 35.4 Å². The van der Waals surface area contributed by atoms with Crippen LogP contribution < -0.4 is 4.74 Å². The van der Waals surface area contributed by atoms with Gasteiger partial charge in [0, 0.05) is 13.2 Å². The highest BCUT2D eigenvalue weighted by molar-refractivity contribution is 6.00. The molecule has 1 unspecified atom stereocenters. The number of ether oxygens (including phenoxy) is 2. The minimum absolute atomic E-state index is 0.0197. The number of ketones is 1. The van der Waals surface area contributed by atoms with E-state index in [1.807, 2.05) is 6.92 Å². The zero-order chi connectivity index (χ0) is 11.5. The molecule has 1 saturated heterocycles. The monoisotopic (exact) mass is 224 g/mol. The number of carbonyl (C=O) groups is 1. The van der Waals surface area contributed by atoms with E-state index >= 15 is 0 Å². The third-order valence-corrected chi connectivity index (χ3v) is 2.78. The molecule has 0 radical (unpaired) electrons. The van der Waals surface area contributed by atoms with Crippen molar-refractivity contribution >= 4 is 5.78 Å². The number of aromatic nitrogens is 2. The number of Topliss-reactive ketones (excluding diaryl/α,β-unsaturated/α-hetero) is 1. The Balaban J connectivity index is 2.29. The van der Waals surface area contributed by atoms with Crippen molar-refractivity contribution in [1.29, 1.82) is 0 Å². The molecule has 0 aliphatic carbocycles. The molecule has 1 atom stereocenters. The van der Waals surface area contributed by atoms with Gasteiger partial charge in [-0.2, -0.15) is 5.10 Å². The molecule has 1 aliphatic rings. The van der Waals surface area contributed by atoms with Crippen LogP contribution in [0.2, 0.25) is 0 Å². The summed E-state index contributed by atoms with van der Waals surface area (Å²) < 4.78 is 12.2. The van der Waals surface area contributed by atoms with E-state index in [0.29, 0.717) is 24.6 Å². The smallest absolute Gasteiger partial charge is 0.213 e. The topological polar surface area (TPSA) is 53.4 Å². The molecule has 0 aromatic carbocycles. The van der Waals surface area contributed by atoms with Crippen LogP contribution in [0.3, 0.4) is 0 Å². The molecule has 1 aromatic rings. The molecule has 88 valence electrons. The molecule has 2 heterocycles. The molecular weight excluding hydrogens is 208 g/mol. The third-order valence-electron chi connectivity index (χ3n) is 2.78. The quantitative estimate of drug-likeness (QED) is 0.723. The molecule has 0 spiro atoms. The highest BCUT2D eigenvalue weighted by Gasteiger charge is 2.29. The molecule has 5 heteroatoms. The van der Waals surface area contributed by atoms with Gasteiger partial charge >= 0.3 is 0 Å². The van der Waals surface area contributed by atoms with E-state index in [1.54, 1.807) is 18.0 Å². The van der Waals surface area contributed by atoms with E-state index in [9.17, 15) is 4.79 Å². The summed E-state index contributed by atoms with van der Waals surface area (Å²) in [6.45, 7) is 3.26. The van der Waals surface area contributed by atoms with Crippen LogP contribution in [0.25, 0.3) is 0 Å². The van der Waals surface area contributed by atoms with E-state index in [0.717, 1.165) is 12.8 Å². The summed E-state index contributed by atoms with van der Waals surface area (Å²) >= 11 is 0. The van der Waals surface area contributed by atoms with Gasteiger partial charge in [-0.15, -0.1) is 0 Å². The standard InChI is InChI=1S/C11H16N2O3/c1-3-13-10(9(15-2)7-12-13)11(14)8-5-4-6-16-8/h7-8H,3-6H2,1-2H3. The summed E-state index contributed by atoms with van der Waals surface area (Å²) in [7, 11) is 1.54. The van der Waals surface area contributed by atoms with Crippen LogP contribution in [0.1, 0.15) is 30.3 Å². The zero-order valence-electron chi connectivity index (χ0n) is 9.60. The normalized spacial score (nSPS) is 20.0. The zero-order valence-corrected chi connectivity index (χ0v) is 9.60. The SMILES string of the molecule is CCn1ncc(OC)c1C(=O)C1CCCO1. The highest BCUT2D eigenvalue weighted by atomic mass is 16.5. The molecule has 1 fully saturated rings. The summed E-state index contributed by atoms with van der Waals surface area (Å²) in [6, 6.07) is 0. The fourth-order valence-corrected chi connectivity index (χ4v) is 1.94. The lowest BCUT2D eigenvalue weighted by Gasteiger charge is -2.10. The summed E-state index contributed by atoms with van der Waals surface area (Å²) in [5.74, 6) is 0.510. The maximum absolute atomic E-state index is 12.2. The summed E-state index contributed by atoms with van der Waals surface area (Å²) in [6.07, 6.45) is 2.98. The van der Waals surface area contributed by atoms with Gasteiger partial charge < -0.3 is 9.47 Å². The minimum Gasteiger partial charge on any atom is -0.493 e. The molecule has 0 bridgehead atoms.